The number of carbonyl (C=O) groups is 4. The summed E-state index contributed by atoms with van der Waals surface area (Å²) in [6.07, 6.45) is 0. The molecule has 4 rings (SSSR count). The molecule has 2 aliphatic heterocycles. The zero-order valence-electron chi connectivity index (χ0n) is 27.0. The molecule has 0 atom stereocenters. The molecule has 0 aliphatic carbocycles. The monoisotopic (exact) mass is 604 g/mol. The van der Waals surface area contributed by atoms with Crippen LogP contribution in [0.25, 0.3) is 11.4 Å². The number of rotatable bonds is 10. The molecule has 10 heteroatoms. The zero-order chi connectivity index (χ0) is 32.7. The summed E-state index contributed by atoms with van der Waals surface area (Å²) in [5.74, 6) is 0.263. The van der Waals surface area contributed by atoms with E-state index in [-0.39, 0.29) is 47.2 Å². The van der Waals surface area contributed by atoms with Gasteiger partial charge < -0.3 is 18.9 Å². The van der Waals surface area contributed by atoms with Crippen molar-refractivity contribution >= 4 is 34.8 Å². The molecule has 2 aromatic rings. The Morgan fingerprint density at radius 2 is 0.886 bits per heavy atom. The highest BCUT2D eigenvalue weighted by atomic mass is 16.5. The molecule has 0 N–H and O–H groups in total. The van der Waals surface area contributed by atoms with Gasteiger partial charge >= 0.3 is 0 Å². The minimum absolute atomic E-state index is 0.107. The van der Waals surface area contributed by atoms with Crippen LogP contribution in [0.4, 0.5) is 0 Å². The number of amides is 2. The topological polar surface area (TPSA) is 112 Å². The number of Topliss-reactive ketones (excluding diaryl/α,β-unsaturated/α-hetero) is 2. The number of fused-ring (bicyclic) bond motifs is 1. The summed E-state index contributed by atoms with van der Waals surface area (Å²) in [6, 6.07) is 10.1. The average molecular weight is 605 g/mol. The molecule has 0 saturated heterocycles. The number of benzene rings is 2. The Morgan fingerprint density at radius 3 is 1.16 bits per heavy atom. The molecule has 2 aromatic carbocycles. The first-order chi connectivity index (χ1) is 20.6. The number of ether oxygens (including phenoxy) is 4. The number of ketones is 2. The second-order valence-electron chi connectivity index (χ2n) is 12.7. The fourth-order valence-electron chi connectivity index (χ4n) is 5.03. The summed E-state index contributed by atoms with van der Waals surface area (Å²) >= 11 is 0. The van der Waals surface area contributed by atoms with Crippen LogP contribution in [0.3, 0.4) is 0 Å². The Labute approximate surface area is 258 Å². The maximum Gasteiger partial charge on any atom is 0.261 e. The van der Waals surface area contributed by atoms with Crippen LogP contribution in [0.2, 0.25) is 0 Å². The molecule has 2 aliphatic rings. The summed E-state index contributed by atoms with van der Waals surface area (Å²) in [7, 11) is 5.99. The van der Waals surface area contributed by atoms with Crippen LogP contribution in [-0.4, -0.2) is 74.7 Å². The van der Waals surface area contributed by atoms with E-state index in [1.807, 2.05) is 0 Å². The SMILES string of the molecule is COc1ccc(C2=C3C(=O)N(CC(=O)C(C)(C)C)C(c4ccc(OC)c(OC)c4)=C3C(=O)N2CC(=O)C(C)(C)C)cc1OC. The standard InChI is InChI=1S/C34H40N2O8/c1-33(2,3)25(37)17-35-29(19-11-13-21(41-7)23(15-19)43-9)27-28(31(35)39)30(20-12-14-22(42-8)24(16-20)44-10)36(32(27)40)18-26(38)34(4,5)6/h11-16H,17-18H2,1-10H3. The van der Waals surface area contributed by atoms with Crippen molar-refractivity contribution in [2.45, 2.75) is 41.5 Å². The van der Waals surface area contributed by atoms with Crippen LogP contribution in [0.1, 0.15) is 52.7 Å². The summed E-state index contributed by atoms with van der Waals surface area (Å²) in [5.41, 5.74) is 0.195. The smallest absolute Gasteiger partial charge is 0.261 e. The second kappa shape index (κ2) is 11.8. The van der Waals surface area contributed by atoms with Gasteiger partial charge in [-0.05, 0) is 36.4 Å². The van der Waals surface area contributed by atoms with E-state index in [1.54, 1.807) is 77.9 Å². The minimum atomic E-state index is -0.749. The van der Waals surface area contributed by atoms with E-state index in [0.29, 0.717) is 34.1 Å². The molecular formula is C34H40N2O8. The third-order valence-corrected chi connectivity index (χ3v) is 7.77. The lowest BCUT2D eigenvalue weighted by Crippen LogP contribution is -2.39. The molecule has 0 spiro atoms. The molecule has 0 fully saturated rings. The van der Waals surface area contributed by atoms with Crippen molar-refractivity contribution in [3.05, 3.63) is 58.7 Å². The van der Waals surface area contributed by atoms with Crippen molar-refractivity contribution in [1.29, 1.82) is 0 Å². The van der Waals surface area contributed by atoms with Gasteiger partial charge in [0.15, 0.2) is 34.6 Å². The molecule has 10 nitrogen and oxygen atoms in total. The number of nitrogens with zero attached hydrogens (tertiary/aromatic N) is 2. The van der Waals surface area contributed by atoms with Gasteiger partial charge in [0.05, 0.1) is 64.1 Å². The van der Waals surface area contributed by atoms with Crippen LogP contribution in [0.5, 0.6) is 23.0 Å². The van der Waals surface area contributed by atoms with E-state index in [4.69, 9.17) is 18.9 Å². The lowest BCUT2D eigenvalue weighted by Gasteiger charge is -2.28. The van der Waals surface area contributed by atoms with Gasteiger partial charge in [0.1, 0.15) is 0 Å². The molecule has 0 aromatic heterocycles. The fraction of sp³-hybridized carbons (Fsp3) is 0.412. The van der Waals surface area contributed by atoms with E-state index < -0.39 is 22.6 Å². The van der Waals surface area contributed by atoms with Crippen molar-refractivity contribution in [2.75, 3.05) is 41.5 Å². The quantitative estimate of drug-likeness (QED) is 0.382. The predicted octanol–water partition coefficient (Wildman–Crippen LogP) is 4.76. The molecule has 2 amide bonds. The first kappa shape index (κ1) is 32.3. The maximum atomic E-state index is 14.4. The summed E-state index contributed by atoms with van der Waals surface area (Å²) in [5, 5.41) is 0. The van der Waals surface area contributed by atoms with Crippen LogP contribution in [0, 0.1) is 10.8 Å². The Bertz CT molecular complexity index is 1480. The lowest BCUT2D eigenvalue weighted by atomic mass is 9.90. The highest BCUT2D eigenvalue weighted by Crippen LogP contribution is 2.48. The highest BCUT2D eigenvalue weighted by molar-refractivity contribution is 6.31. The summed E-state index contributed by atoms with van der Waals surface area (Å²) in [4.78, 5) is 58.3. The summed E-state index contributed by atoms with van der Waals surface area (Å²) < 4.78 is 21.9. The summed E-state index contributed by atoms with van der Waals surface area (Å²) in [6.45, 7) is 10.1. The zero-order valence-corrected chi connectivity index (χ0v) is 27.0. The van der Waals surface area contributed by atoms with Gasteiger partial charge in [-0.25, -0.2) is 0 Å². The molecule has 0 unspecified atom stereocenters. The molecule has 234 valence electrons. The van der Waals surface area contributed by atoms with Crippen molar-refractivity contribution in [3.8, 4) is 23.0 Å². The molecule has 0 saturated carbocycles. The number of hydrogen-bond donors (Lipinski definition) is 0. The van der Waals surface area contributed by atoms with Crippen LogP contribution in [-0.2, 0) is 19.2 Å². The molecule has 0 bridgehead atoms. The number of methoxy groups -OCH3 is 4. The van der Waals surface area contributed by atoms with Gasteiger partial charge in [-0.3, -0.25) is 29.0 Å². The molecule has 44 heavy (non-hydrogen) atoms. The third-order valence-electron chi connectivity index (χ3n) is 7.77. The third kappa shape index (κ3) is 5.68. The number of hydrogen-bond acceptors (Lipinski definition) is 8. The van der Waals surface area contributed by atoms with E-state index in [2.05, 4.69) is 0 Å². The van der Waals surface area contributed by atoms with E-state index in [0.717, 1.165) is 0 Å². The average Bonchev–Trinajstić information content (AvgIpc) is 3.41. The molecular weight excluding hydrogens is 564 g/mol. The van der Waals surface area contributed by atoms with Crippen molar-refractivity contribution in [1.82, 2.24) is 9.80 Å². The molecule has 0 radical (unpaired) electrons. The van der Waals surface area contributed by atoms with Crippen molar-refractivity contribution in [3.63, 3.8) is 0 Å². The van der Waals surface area contributed by atoms with E-state index in [1.165, 1.54) is 38.2 Å². The Hall–Kier alpha value is -4.60. The predicted molar refractivity (Wildman–Crippen MR) is 165 cm³/mol. The fourth-order valence-corrected chi connectivity index (χ4v) is 5.03. The first-order valence-corrected chi connectivity index (χ1v) is 14.2. The van der Waals surface area contributed by atoms with Gasteiger partial charge in [-0.15, -0.1) is 0 Å². The van der Waals surface area contributed by atoms with Gasteiger partial charge in [-0.2, -0.15) is 0 Å². The Morgan fingerprint density at radius 1 is 0.568 bits per heavy atom. The second-order valence-corrected chi connectivity index (χ2v) is 12.7. The van der Waals surface area contributed by atoms with Gasteiger partial charge in [0.2, 0.25) is 0 Å². The van der Waals surface area contributed by atoms with Gasteiger partial charge in [0, 0.05) is 22.0 Å². The van der Waals surface area contributed by atoms with Gasteiger partial charge in [0.25, 0.3) is 11.8 Å². The van der Waals surface area contributed by atoms with Crippen molar-refractivity contribution in [2.24, 2.45) is 10.8 Å². The molecule has 2 heterocycles. The van der Waals surface area contributed by atoms with Crippen LogP contribution < -0.4 is 18.9 Å². The normalized spacial score (nSPS) is 15.2. The van der Waals surface area contributed by atoms with Crippen LogP contribution >= 0.6 is 0 Å². The number of carbonyl (C=O) groups excluding carboxylic acids is 4. The maximum absolute atomic E-state index is 14.4. The highest BCUT2D eigenvalue weighted by Gasteiger charge is 2.50. The van der Waals surface area contributed by atoms with Crippen LogP contribution in [0.15, 0.2) is 47.5 Å². The lowest BCUT2D eigenvalue weighted by molar-refractivity contribution is -0.132. The van der Waals surface area contributed by atoms with E-state index >= 15 is 0 Å². The first-order valence-electron chi connectivity index (χ1n) is 14.2. The Kier molecular flexibility index (Phi) is 8.68. The van der Waals surface area contributed by atoms with E-state index in [9.17, 15) is 19.2 Å². The Balaban J connectivity index is 2.06. The van der Waals surface area contributed by atoms with Gasteiger partial charge in [-0.1, -0.05) is 41.5 Å². The minimum Gasteiger partial charge on any atom is -0.493 e. The largest absolute Gasteiger partial charge is 0.493 e. The van der Waals surface area contributed by atoms with Crippen molar-refractivity contribution < 1.29 is 38.1 Å².